The molecule has 0 heterocycles. The van der Waals surface area contributed by atoms with Crippen LogP contribution in [0.3, 0.4) is 0 Å². The van der Waals surface area contributed by atoms with Gasteiger partial charge in [0.05, 0.1) is 10.5 Å². The van der Waals surface area contributed by atoms with Gasteiger partial charge in [-0.1, -0.05) is 24.3 Å². The number of hydrogen-bond acceptors (Lipinski definition) is 5. The highest BCUT2D eigenvalue weighted by atomic mass is 32.2. The molecule has 6 nitrogen and oxygen atoms in total. The molecule has 2 rings (SSSR count). The summed E-state index contributed by atoms with van der Waals surface area (Å²) in [5.41, 5.74) is 0.168. The van der Waals surface area contributed by atoms with Crippen molar-refractivity contribution in [1.29, 1.82) is 0 Å². The van der Waals surface area contributed by atoms with E-state index in [1.54, 1.807) is 12.1 Å². The molecule has 0 aromatic heterocycles. The zero-order chi connectivity index (χ0) is 16.7. The van der Waals surface area contributed by atoms with Crippen molar-refractivity contribution >= 4 is 16.0 Å². The number of nitrogens with one attached hydrogen (secondary N) is 1. The van der Waals surface area contributed by atoms with Crippen molar-refractivity contribution in [3.8, 4) is 5.75 Å². The van der Waals surface area contributed by atoms with Crippen LogP contribution in [0.4, 0.5) is 0 Å². The van der Waals surface area contributed by atoms with Gasteiger partial charge in [-0.2, -0.15) is 0 Å². The molecule has 0 radical (unpaired) electrons. The van der Waals surface area contributed by atoms with Crippen LogP contribution < -0.4 is 9.46 Å². The van der Waals surface area contributed by atoms with Gasteiger partial charge in [0.15, 0.2) is 0 Å². The van der Waals surface area contributed by atoms with Gasteiger partial charge in [0.2, 0.25) is 10.0 Å². The molecule has 7 heteroatoms. The molecule has 0 aliphatic carbocycles. The van der Waals surface area contributed by atoms with E-state index in [4.69, 9.17) is 9.47 Å². The fourth-order valence-corrected chi connectivity index (χ4v) is 2.58. The molecule has 0 saturated carbocycles. The molecule has 0 aliphatic rings. The van der Waals surface area contributed by atoms with Crippen LogP contribution in [0.1, 0.15) is 10.4 Å². The van der Waals surface area contributed by atoms with Crippen LogP contribution in [0, 0.1) is 0 Å². The highest BCUT2D eigenvalue weighted by Gasteiger charge is 2.14. The van der Waals surface area contributed by atoms with Crippen LogP contribution in [0.25, 0.3) is 0 Å². The third-order valence-electron chi connectivity index (χ3n) is 2.98. The van der Waals surface area contributed by atoms with Gasteiger partial charge in [0, 0.05) is 0 Å². The third-order valence-corrected chi connectivity index (χ3v) is 4.39. The number of carbonyl (C=O) groups is 1. The molecule has 2 aromatic rings. The molecule has 0 aliphatic heterocycles. The summed E-state index contributed by atoms with van der Waals surface area (Å²) in [4.78, 5) is 11.9. The smallest absolute Gasteiger partial charge is 0.338 e. The fraction of sp³-hybridized carbons (Fsp3) is 0.188. The molecule has 0 spiro atoms. The molecule has 0 saturated heterocycles. The first-order valence-electron chi connectivity index (χ1n) is 6.91. The summed E-state index contributed by atoms with van der Waals surface area (Å²) >= 11 is 0. The van der Waals surface area contributed by atoms with E-state index in [9.17, 15) is 13.2 Å². The number of benzene rings is 2. The molecule has 2 aromatic carbocycles. The van der Waals surface area contributed by atoms with Crippen LogP contribution in [-0.2, 0) is 14.8 Å². The van der Waals surface area contributed by atoms with Crippen molar-refractivity contribution in [3.05, 3.63) is 60.2 Å². The Kier molecular flexibility index (Phi) is 5.72. The summed E-state index contributed by atoms with van der Waals surface area (Å²) in [5, 5.41) is 0. The zero-order valence-electron chi connectivity index (χ0n) is 12.6. The van der Waals surface area contributed by atoms with Gasteiger partial charge in [-0.15, -0.1) is 0 Å². The van der Waals surface area contributed by atoms with Crippen LogP contribution in [0.2, 0.25) is 0 Å². The van der Waals surface area contributed by atoms with Gasteiger partial charge in [0.25, 0.3) is 0 Å². The topological polar surface area (TPSA) is 81.7 Å². The first-order chi connectivity index (χ1) is 11.0. The SMILES string of the molecule is CNS(=O)(=O)c1cccc(C(=O)OCCOc2ccccc2)c1. The van der Waals surface area contributed by atoms with E-state index in [1.807, 2.05) is 18.2 Å². The number of rotatable bonds is 7. The lowest BCUT2D eigenvalue weighted by molar-refractivity contribution is 0.0450. The van der Waals surface area contributed by atoms with E-state index < -0.39 is 16.0 Å². The molecule has 0 unspecified atom stereocenters. The molecule has 0 atom stereocenters. The zero-order valence-corrected chi connectivity index (χ0v) is 13.4. The summed E-state index contributed by atoms with van der Waals surface area (Å²) in [6.45, 7) is 0.279. The monoisotopic (exact) mass is 335 g/mol. The average molecular weight is 335 g/mol. The number of hydrogen-bond donors (Lipinski definition) is 1. The molecule has 23 heavy (non-hydrogen) atoms. The lowest BCUT2D eigenvalue weighted by atomic mass is 10.2. The maximum Gasteiger partial charge on any atom is 0.338 e. The predicted molar refractivity (Wildman–Crippen MR) is 84.9 cm³/mol. The Morgan fingerprint density at radius 1 is 1.04 bits per heavy atom. The first kappa shape index (κ1) is 17.0. The number of sulfonamides is 1. The van der Waals surface area contributed by atoms with Crippen molar-refractivity contribution < 1.29 is 22.7 Å². The minimum absolute atomic E-state index is 0.00925. The largest absolute Gasteiger partial charge is 0.490 e. The Balaban J connectivity index is 1.90. The Hall–Kier alpha value is -2.38. The van der Waals surface area contributed by atoms with E-state index in [0.717, 1.165) is 0 Å². The summed E-state index contributed by atoms with van der Waals surface area (Å²) in [6.07, 6.45) is 0. The Morgan fingerprint density at radius 2 is 1.78 bits per heavy atom. The summed E-state index contributed by atoms with van der Waals surface area (Å²) in [6, 6.07) is 14.8. The Morgan fingerprint density at radius 3 is 2.48 bits per heavy atom. The number of carbonyl (C=O) groups excluding carboxylic acids is 1. The Labute approximate surface area is 135 Å². The van der Waals surface area contributed by atoms with E-state index in [1.165, 1.54) is 31.3 Å². The average Bonchev–Trinajstić information content (AvgIpc) is 2.59. The number of para-hydroxylation sites is 1. The summed E-state index contributed by atoms with van der Waals surface area (Å²) in [7, 11) is -2.29. The van der Waals surface area contributed by atoms with Crippen molar-refractivity contribution in [2.75, 3.05) is 20.3 Å². The van der Waals surface area contributed by atoms with Crippen molar-refractivity contribution in [2.24, 2.45) is 0 Å². The minimum atomic E-state index is -3.60. The standard InChI is InChI=1S/C16H17NO5S/c1-17-23(19,20)15-9-5-6-13(12-15)16(18)22-11-10-21-14-7-3-2-4-8-14/h2-9,12,17H,10-11H2,1H3. The maximum atomic E-state index is 11.9. The van der Waals surface area contributed by atoms with Gasteiger partial charge >= 0.3 is 5.97 Å². The van der Waals surface area contributed by atoms with E-state index in [-0.39, 0.29) is 23.7 Å². The highest BCUT2D eigenvalue weighted by Crippen LogP contribution is 2.12. The second-order valence-corrected chi connectivity index (χ2v) is 6.42. The number of esters is 1. The molecule has 0 fully saturated rings. The van der Waals surface area contributed by atoms with Crippen molar-refractivity contribution in [2.45, 2.75) is 4.90 Å². The van der Waals surface area contributed by atoms with Crippen molar-refractivity contribution in [3.63, 3.8) is 0 Å². The fourth-order valence-electron chi connectivity index (χ4n) is 1.80. The van der Waals surface area contributed by atoms with E-state index >= 15 is 0 Å². The summed E-state index contributed by atoms with van der Waals surface area (Å²) < 4.78 is 36.1. The molecule has 0 amide bonds. The molecule has 1 N–H and O–H groups in total. The quantitative estimate of drug-likeness (QED) is 0.617. The van der Waals surface area contributed by atoms with Crippen LogP contribution >= 0.6 is 0 Å². The van der Waals surface area contributed by atoms with E-state index in [2.05, 4.69) is 4.72 Å². The first-order valence-corrected chi connectivity index (χ1v) is 8.40. The molecular formula is C16H17NO5S. The highest BCUT2D eigenvalue weighted by molar-refractivity contribution is 7.89. The maximum absolute atomic E-state index is 11.9. The molecular weight excluding hydrogens is 318 g/mol. The van der Waals surface area contributed by atoms with Crippen LogP contribution in [0.5, 0.6) is 5.75 Å². The second-order valence-electron chi connectivity index (χ2n) is 4.53. The lowest BCUT2D eigenvalue weighted by Gasteiger charge is -2.08. The van der Waals surface area contributed by atoms with Gasteiger partial charge in [-0.25, -0.2) is 17.9 Å². The second kappa shape index (κ2) is 7.75. The molecule has 0 bridgehead atoms. The van der Waals surface area contributed by atoms with Crippen molar-refractivity contribution in [1.82, 2.24) is 4.72 Å². The van der Waals surface area contributed by atoms with Gasteiger partial charge < -0.3 is 9.47 Å². The predicted octanol–water partition coefficient (Wildman–Crippen LogP) is 1.83. The van der Waals surface area contributed by atoms with Gasteiger partial charge in [-0.3, -0.25) is 0 Å². The summed E-state index contributed by atoms with van der Waals surface area (Å²) in [5.74, 6) is 0.0838. The third kappa shape index (κ3) is 4.80. The lowest BCUT2D eigenvalue weighted by Crippen LogP contribution is -2.19. The normalized spacial score (nSPS) is 11.0. The number of ether oxygens (including phenoxy) is 2. The van der Waals surface area contributed by atoms with Crippen LogP contribution in [-0.4, -0.2) is 34.6 Å². The molecule has 122 valence electrons. The Bertz CT molecular complexity index is 759. The van der Waals surface area contributed by atoms with Crippen LogP contribution in [0.15, 0.2) is 59.5 Å². The van der Waals surface area contributed by atoms with Gasteiger partial charge in [0.1, 0.15) is 19.0 Å². The van der Waals surface area contributed by atoms with Gasteiger partial charge in [-0.05, 0) is 37.4 Å². The van der Waals surface area contributed by atoms with E-state index in [0.29, 0.717) is 5.75 Å². The minimum Gasteiger partial charge on any atom is -0.490 e.